The van der Waals surface area contributed by atoms with Crippen LogP contribution in [-0.4, -0.2) is 43.7 Å². The van der Waals surface area contributed by atoms with Crippen LogP contribution in [0.25, 0.3) is 0 Å². The number of carbonyl (C=O) groups is 2. The molecule has 2 aliphatic rings. The molecular formula is C17H24ClN3O2S. The first-order valence-electron chi connectivity index (χ1n) is 8.13. The van der Waals surface area contributed by atoms with Gasteiger partial charge in [0.05, 0.1) is 5.92 Å². The summed E-state index contributed by atoms with van der Waals surface area (Å²) in [7, 11) is 0. The Balaban J connectivity index is 0.00000208. The van der Waals surface area contributed by atoms with Gasteiger partial charge in [-0.2, -0.15) is 0 Å². The molecule has 2 saturated heterocycles. The molecular weight excluding hydrogens is 346 g/mol. The minimum Gasteiger partial charge on any atom is -0.352 e. The lowest BCUT2D eigenvalue weighted by molar-refractivity contribution is -0.127. The molecule has 2 fully saturated rings. The van der Waals surface area contributed by atoms with Crippen LogP contribution in [0.3, 0.4) is 0 Å². The average Bonchev–Trinajstić information content (AvgIpc) is 2.98. The first-order valence-corrected chi connectivity index (χ1v) is 9.35. The van der Waals surface area contributed by atoms with Crippen molar-refractivity contribution in [3.05, 3.63) is 24.3 Å². The Morgan fingerprint density at radius 3 is 2.71 bits per heavy atom. The van der Waals surface area contributed by atoms with E-state index in [0.717, 1.165) is 31.6 Å². The summed E-state index contributed by atoms with van der Waals surface area (Å²) in [4.78, 5) is 27.6. The predicted octanol–water partition coefficient (Wildman–Crippen LogP) is 2.05. The Labute approximate surface area is 153 Å². The number of thioether (sulfide) groups is 1. The van der Waals surface area contributed by atoms with Gasteiger partial charge in [0.1, 0.15) is 0 Å². The molecule has 0 bridgehead atoms. The highest BCUT2D eigenvalue weighted by Gasteiger charge is 2.35. The van der Waals surface area contributed by atoms with E-state index >= 15 is 0 Å². The number of halogens is 1. The van der Waals surface area contributed by atoms with Crippen molar-refractivity contribution in [1.82, 2.24) is 10.6 Å². The Morgan fingerprint density at radius 2 is 2.08 bits per heavy atom. The number of hydrogen-bond donors (Lipinski definition) is 2. The maximum Gasteiger partial charge on any atom is 0.227 e. The second-order valence-electron chi connectivity index (χ2n) is 6.16. The van der Waals surface area contributed by atoms with E-state index in [9.17, 15) is 9.59 Å². The van der Waals surface area contributed by atoms with Crippen LogP contribution in [0.1, 0.15) is 19.3 Å². The molecule has 24 heavy (non-hydrogen) atoms. The number of rotatable bonds is 4. The van der Waals surface area contributed by atoms with Crippen LogP contribution in [-0.2, 0) is 9.59 Å². The Bertz CT molecular complexity index is 576. The first-order chi connectivity index (χ1) is 11.2. The van der Waals surface area contributed by atoms with Crippen molar-refractivity contribution < 1.29 is 9.59 Å². The van der Waals surface area contributed by atoms with Crippen molar-refractivity contribution in [2.45, 2.75) is 30.2 Å². The fourth-order valence-corrected chi connectivity index (χ4v) is 3.60. The van der Waals surface area contributed by atoms with Crippen molar-refractivity contribution in [1.29, 1.82) is 0 Å². The lowest BCUT2D eigenvalue weighted by Gasteiger charge is -2.25. The highest BCUT2D eigenvalue weighted by molar-refractivity contribution is 7.98. The maximum atomic E-state index is 12.4. The number of anilines is 1. The summed E-state index contributed by atoms with van der Waals surface area (Å²) in [5.41, 5.74) is 0.877. The molecule has 1 aromatic carbocycles. The van der Waals surface area contributed by atoms with E-state index in [1.807, 2.05) is 30.5 Å². The molecule has 5 nitrogen and oxygen atoms in total. The molecule has 2 heterocycles. The molecule has 7 heteroatoms. The standard InChI is InChI=1S/C17H23N3O2S.ClH/c1-23-15-6-4-14(5-7-15)20-11-12(9-16(20)21)17(22)19-13-3-2-8-18-10-13;/h4-7,12-13,18H,2-3,8-11H2,1H3,(H,19,22);1H. The van der Waals surface area contributed by atoms with Gasteiger partial charge in [0.25, 0.3) is 0 Å². The molecule has 2 amide bonds. The van der Waals surface area contributed by atoms with Gasteiger partial charge in [-0.1, -0.05) is 0 Å². The van der Waals surface area contributed by atoms with Crippen molar-refractivity contribution in [2.75, 3.05) is 30.8 Å². The fraction of sp³-hybridized carbons (Fsp3) is 0.529. The zero-order chi connectivity index (χ0) is 16.2. The lowest BCUT2D eigenvalue weighted by Crippen LogP contribution is -2.47. The van der Waals surface area contributed by atoms with Crippen LogP contribution in [0.5, 0.6) is 0 Å². The van der Waals surface area contributed by atoms with E-state index in [2.05, 4.69) is 10.6 Å². The van der Waals surface area contributed by atoms with Crippen LogP contribution in [0.4, 0.5) is 5.69 Å². The molecule has 0 saturated carbocycles. The molecule has 0 radical (unpaired) electrons. The van der Waals surface area contributed by atoms with Crippen molar-refractivity contribution >= 4 is 41.7 Å². The molecule has 2 N–H and O–H groups in total. The topological polar surface area (TPSA) is 61.4 Å². The SMILES string of the molecule is CSc1ccc(N2CC(C(=O)NC3CCCNC3)CC2=O)cc1.Cl. The van der Waals surface area contributed by atoms with Crippen LogP contribution in [0.2, 0.25) is 0 Å². The molecule has 2 unspecified atom stereocenters. The molecule has 2 atom stereocenters. The molecule has 132 valence electrons. The van der Waals surface area contributed by atoms with E-state index in [4.69, 9.17) is 0 Å². The smallest absolute Gasteiger partial charge is 0.227 e. The zero-order valence-corrected chi connectivity index (χ0v) is 15.4. The number of amides is 2. The summed E-state index contributed by atoms with van der Waals surface area (Å²) < 4.78 is 0. The quantitative estimate of drug-likeness (QED) is 0.797. The molecule has 1 aromatic rings. The van der Waals surface area contributed by atoms with Crippen molar-refractivity contribution in [2.24, 2.45) is 5.92 Å². The Morgan fingerprint density at radius 1 is 1.33 bits per heavy atom. The van der Waals surface area contributed by atoms with Crippen molar-refractivity contribution in [3.63, 3.8) is 0 Å². The van der Waals surface area contributed by atoms with E-state index in [0.29, 0.717) is 13.0 Å². The van der Waals surface area contributed by atoms with E-state index in [-0.39, 0.29) is 36.2 Å². The van der Waals surface area contributed by atoms with Gasteiger partial charge >= 0.3 is 0 Å². The largest absolute Gasteiger partial charge is 0.352 e. The molecule has 0 aliphatic carbocycles. The minimum atomic E-state index is -0.246. The van der Waals surface area contributed by atoms with Gasteiger partial charge in [-0.25, -0.2) is 0 Å². The van der Waals surface area contributed by atoms with Crippen LogP contribution >= 0.6 is 24.2 Å². The van der Waals surface area contributed by atoms with Gasteiger partial charge in [-0.3, -0.25) is 9.59 Å². The van der Waals surface area contributed by atoms with Gasteiger partial charge in [-0.15, -0.1) is 24.2 Å². The third-order valence-corrected chi connectivity index (χ3v) is 5.27. The van der Waals surface area contributed by atoms with E-state index in [1.165, 1.54) is 4.90 Å². The predicted molar refractivity (Wildman–Crippen MR) is 100.0 cm³/mol. The highest BCUT2D eigenvalue weighted by Crippen LogP contribution is 2.27. The molecule has 3 rings (SSSR count). The maximum absolute atomic E-state index is 12.4. The molecule has 0 spiro atoms. The van der Waals surface area contributed by atoms with Gasteiger partial charge < -0.3 is 15.5 Å². The van der Waals surface area contributed by atoms with Crippen LogP contribution in [0.15, 0.2) is 29.2 Å². The van der Waals surface area contributed by atoms with E-state index < -0.39 is 0 Å². The number of nitrogens with zero attached hydrogens (tertiary/aromatic N) is 1. The Kier molecular flexibility index (Phi) is 6.95. The zero-order valence-electron chi connectivity index (χ0n) is 13.8. The second kappa shape index (κ2) is 8.74. The molecule has 2 aliphatic heterocycles. The van der Waals surface area contributed by atoms with Crippen LogP contribution in [0, 0.1) is 5.92 Å². The summed E-state index contributed by atoms with van der Waals surface area (Å²) in [6.45, 7) is 2.32. The number of nitrogens with one attached hydrogen (secondary N) is 2. The third kappa shape index (κ3) is 4.43. The number of hydrogen-bond acceptors (Lipinski definition) is 4. The van der Waals surface area contributed by atoms with Gasteiger partial charge in [0.15, 0.2) is 0 Å². The number of benzene rings is 1. The summed E-state index contributed by atoms with van der Waals surface area (Å²) in [6.07, 6.45) is 4.43. The fourth-order valence-electron chi connectivity index (χ4n) is 3.19. The number of carbonyl (C=O) groups excluding carboxylic acids is 2. The summed E-state index contributed by atoms with van der Waals surface area (Å²) in [6, 6.07) is 8.12. The van der Waals surface area contributed by atoms with Gasteiger partial charge in [0, 0.05) is 36.1 Å². The Hall–Kier alpha value is -1.24. The normalized spacial score (nSPS) is 23.7. The average molecular weight is 370 g/mol. The summed E-state index contributed by atoms with van der Waals surface area (Å²) in [5, 5.41) is 6.38. The van der Waals surface area contributed by atoms with Gasteiger partial charge in [0.2, 0.25) is 11.8 Å². The summed E-state index contributed by atoms with van der Waals surface area (Å²) in [5.74, 6) is -0.205. The van der Waals surface area contributed by atoms with Crippen molar-refractivity contribution in [3.8, 4) is 0 Å². The number of piperidine rings is 1. The monoisotopic (exact) mass is 369 g/mol. The highest BCUT2D eigenvalue weighted by atomic mass is 35.5. The van der Waals surface area contributed by atoms with Crippen LogP contribution < -0.4 is 15.5 Å². The summed E-state index contributed by atoms with van der Waals surface area (Å²) >= 11 is 1.67. The van der Waals surface area contributed by atoms with Gasteiger partial charge in [-0.05, 0) is 49.9 Å². The third-order valence-electron chi connectivity index (χ3n) is 4.52. The first kappa shape index (κ1) is 19.1. The second-order valence-corrected chi connectivity index (χ2v) is 7.03. The molecule has 0 aromatic heterocycles. The lowest BCUT2D eigenvalue weighted by atomic mass is 10.0. The van der Waals surface area contributed by atoms with E-state index in [1.54, 1.807) is 16.7 Å². The minimum absolute atomic E-state index is 0.